The van der Waals surface area contributed by atoms with E-state index in [0.717, 1.165) is 25.9 Å². The van der Waals surface area contributed by atoms with Gasteiger partial charge in [0, 0.05) is 19.3 Å². The summed E-state index contributed by atoms with van der Waals surface area (Å²) < 4.78 is 33.9. The second-order valence-electron chi connectivity index (χ2n) is 5.67. The molecule has 0 unspecified atom stereocenters. The Labute approximate surface area is 144 Å². The lowest BCUT2D eigenvalue weighted by atomic mass is 10.2. The van der Waals surface area contributed by atoms with Gasteiger partial charge in [0.15, 0.2) is 0 Å². The molecule has 0 atom stereocenters. The summed E-state index contributed by atoms with van der Waals surface area (Å²) in [5, 5.41) is 0. The van der Waals surface area contributed by atoms with Crippen LogP contribution < -0.4 is 9.64 Å². The number of anilines is 1. The molecule has 0 aliphatic carbocycles. The number of hydrogen-bond donors (Lipinski definition) is 0. The Morgan fingerprint density at radius 2 is 1.88 bits per heavy atom. The van der Waals surface area contributed by atoms with Crippen molar-refractivity contribution in [3.05, 3.63) is 53.7 Å². The standard InChI is InChI=1S/C18H18F2N2O3/c19-18(20)25-14-7-5-13(6-8-14)12-24-17(23)15-4-3-9-21-16(15)22-10-1-2-11-22/h3-9,18H,1-2,10-12H2. The minimum atomic E-state index is -2.86. The van der Waals surface area contributed by atoms with E-state index < -0.39 is 12.6 Å². The highest BCUT2D eigenvalue weighted by atomic mass is 19.3. The number of pyridine rings is 1. The fourth-order valence-electron chi connectivity index (χ4n) is 2.73. The van der Waals surface area contributed by atoms with Crippen LogP contribution in [0.25, 0.3) is 0 Å². The first-order valence-corrected chi connectivity index (χ1v) is 8.04. The normalized spacial score (nSPS) is 14.0. The molecule has 1 saturated heterocycles. The van der Waals surface area contributed by atoms with E-state index in [4.69, 9.17) is 4.74 Å². The summed E-state index contributed by atoms with van der Waals surface area (Å²) in [5.74, 6) is 0.252. The monoisotopic (exact) mass is 348 g/mol. The zero-order valence-electron chi connectivity index (χ0n) is 13.5. The fraction of sp³-hybridized carbons (Fsp3) is 0.333. The van der Waals surface area contributed by atoms with Crippen molar-refractivity contribution in [2.24, 2.45) is 0 Å². The molecule has 7 heteroatoms. The third-order valence-corrected chi connectivity index (χ3v) is 3.93. The van der Waals surface area contributed by atoms with Crippen LogP contribution in [-0.4, -0.2) is 30.7 Å². The Morgan fingerprint density at radius 1 is 1.16 bits per heavy atom. The molecule has 0 radical (unpaired) electrons. The van der Waals surface area contributed by atoms with Crippen molar-refractivity contribution in [3.63, 3.8) is 0 Å². The van der Waals surface area contributed by atoms with Crippen LogP contribution in [0, 0.1) is 0 Å². The molecule has 1 aromatic heterocycles. The van der Waals surface area contributed by atoms with Gasteiger partial charge in [0.25, 0.3) is 0 Å². The van der Waals surface area contributed by atoms with Crippen molar-refractivity contribution >= 4 is 11.8 Å². The summed E-state index contributed by atoms with van der Waals surface area (Å²) >= 11 is 0. The van der Waals surface area contributed by atoms with Gasteiger partial charge < -0.3 is 14.4 Å². The first kappa shape index (κ1) is 17.1. The Morgan fingerprint density at radius 3 is 2.56 bits per heavy atom. The molecule has 1 aliphatic heterocycles. The number of halogens is 2. The van der Waals surface area contributed by atoms with Gasteiger partial charge in [-0.2, -0.15) is 8.78 Å². The lowest BCUT2D eigenvalue weighted by Crippen LogP contribution is -2.22. The maximum atomic E-state index is 12.4. The van der Waals surface area contributed by atoms with E-state index in [0.29, 0.717) is 16.9 Å². The number of benzene rings is 1. The number of ether oxygens (including phenoxy) is 2. The maximum Gasteiger partial charge on any atom is 0.387 e. The zero-order chi connectivity index (χ0) is 17.6. The van der Waals surface area contributed by atoms with Crippen molar-refractivity contribution in [1.82, 2.24) is 4.98 Å². The minimum absolute atomic E-state index is 0.0438. The highest BCUT2D eigenvalue weighted by Crippen LogP contribution is 2.23. The van der Waals surface area contributed by atoms with E-state index in [-0.39, 0.29) is 12.4 Å². The van der Waals surface area contributed by atoms with Crippen LogP contribution in [0.1, 0.15) is 28.8 Å². The van der Waals surface area contributed by atoms with Gasteiger partial charge in [0.05, 0.1) is 0 Å². The Kier molecular flexibility index (Phi) is 5.42. The summed E-state index contributed by atoms with van der Waals surface area (Å²) in [5.41, 5.74) is 1.11. The molecule has 0 spiro atoms. The number of hydrogen-bond acceptors (Lipinski definition) is 5. The Balaban J connectivity index is 1.63. The SMILES string of the molecule is O=C(OCc1ccc(OC(F)F)cc1)c1cccnc1N1CCCC1. The molecule has 25 heavy (non-hydrogen) atoms. The second kappa shape index (κ2) is 7.92. The predicted octanol–water partition coefficient (Wildman–Crippen LogP) is 3.64. The minimum Gasteiger partial charge on any atom is -0.457 e. The Hall–Kier alpha value is -2.70. The first-order chi connectivity index (χ1) is 12.1. The largest absolute Gasteiger partial charge is 0.457 e. The van der Waals surface area contributed by atoms with Gasteiger partial charge in [-0.15, -0.1) is 0 Å². The average Bonchev–Trinajstić information content (AvgIpc) is 3.15. The lowest BCUT2D eigenvalue weighted by molar-refractivity contribution is -0.0498. The summed E-state index contributed by atoms with van der Waals surface area (Å²) in [6.07, 6.45) is 3.82. The van der Waals surface area contributed by atoms with E-state index in [9.17, 15) is 13.6 Å². The number of rotatable bonds is 6. The van der Waals surface area contributed by atoms with Crippen LogP contribution in [-0.2, 0) is 11.3 Å². The van der Waals surface area contributed by atoms with Crippen LogP contribution in [0.3, 0.4) is 0 Å². The highest BCUT2D eigenvalue weighted by molar-refractivity contribution is 5.94. The molecular formula is C18H18F2N2O3. The predicted molar refractivity (Wildman–Crippen MR) is 87.9 cm³/mol. The number of aromatic nitrogens is 1. The van der Waals surface area contributed by atoms with Gasteiger partial charge >= 0.3 is 12.6 Å². The van der Waals surface area contributed by atoms with Crippen molar-refractivity contribution in [3.8, 4) is 5.75 Å². The smallest absolute Gasteiger partial charge is 0.387 e. The van der Waals surface area contributed by atoms with E-state index in [2.05, 4.69) is 14.6 Å². The molecule has 0 bridgehead atoms. The zero-order valence-corrected chi connectivity index (χ0v) is 13.5. The summed E-state index contributed by atoms with van der Waals surface area (Å²) in [7, 11) is 0. The second-order valence-corrected chi connectivity index (χ2v) is 5.67. The van der Waals surface area contributed by atoms with Gasteiger partial charge in [-0.1, -0.05) is 12.1 Å². The number of esters is 1. The van der Waals surface area contributed by atoms with Crippen molar-refractivity contribution in [2.45, 2.75) is 26.1 Å². The van der Waals surface area contributed by atoms with Crippen LogP contribution >= 0.6 is 0 Å². The van der Waals surface area contributed by atoms with Crippen molar-refractivity contribution < 1.29 is 23.0 Å². The number of carbonyl (C=O) groups is 1. The quantitative estimate of drug-likeness (QED) is 0.746. The van der Waals surface area contributed by atoms with E-state index in [1.54, 1.807) is 30.5 Å². The number of carbonyl (C=O) groups excluding carboxylic acids is 1. The maximum absolute atomic E-state index is 12.4. The molecule has 2 heterocycles. The summed E-state index contributed by atoms with van der Waals surface area (Å²) in [6, 6.07) is 9.38. The molecule has 1 aromatic carbocycles. The molecule has 2 aromatic rings. The van der Waals surface area contributed by atoms with Crippen molar-refractivity contribution in [2.75, 3.05) is 18.0 Å². The fourth-order valence-corrected chi connectivity index (χ4v) is 2.73. The van der Waals surface area contributed by atoms with Gasteiger partial charge in [0.2, 0.25) is 0 Å². The molecule has 5 nitrogen and oxygen atoms in total. The number of nitrogens with zero attached hydrogens (tertiary/aromatic N) is 2. The molecule has 1 aliphatic rings. The van der Waals surface area contributed by atoms with E-state index in [1.807, 2.05) is 0 Å². The van der Waals surface area contributed by atoms with Gasteiger partial charge in [-0.05, 0) is 42.7 Å². The van der Waals surface area contributed by atoms with Gasteiger partial charge in [0.1, 0.15) is 23.7 Å². The molecular weight excluding hydrogens is 330 g/mol. The molecule has 132 valence electrons. The molecule has 1 fully saturated rings. The van der Waals surface area contributed by atoms with Crippen molar-refractivity contribution in [1.29, 1.82) is 0 Å². The third kappa shape index (κ3) is 4.43. The van der Waals surface area contributed by atoms with Gasteiger partial charge in [-0.25, -0.2) is 9.78 Å². The molecule has 3 rings (SSSR count). The van der Waals surface area contributed by atoms with Crippen LogP contribution in [0.4, 0.5) is 14.6 Å². The molecule has 0 N–H and O–H groups in total. The topological polar surface area (TPSA) is 51.7 Å². The molecule has 0 amide bonds. The van der Waals surface area contributed by atoms with Gasteiger partial charge in [-0.3, -0.25) is 0 Å². The van der Waals surface area contributed by atoms with Crippen LogP contribution in [0.2, 0.25) is 0 Å². The van der Waals surface area contributed by atoms with Crippen LogP contribution in [0.15, 0.2) is 42.6 Å². The lowest BCUT2D eigenvalue weighted by Gasteiger charge is -2.19. The average molecular weight is 348 g/mol. The molecule has 0 saturated carbocycles. The third-order valence-electron chi connectivity index (χ3n) is 3.93. The summed E-state index contributed by atoms with van der Waals surface area (Å²) in [4.78, 5) is 18.8. The first-order valence-electron chi connectivity index (χ1n) is 8.04. The van der Waals surface area contributed by atoms with E-state index >= 15 is 0 Å². The Bertz CT molecular complexity index is 717. The van der Waals surface area contributed by atoms with E-state index in [1.165, 1.54) is 12.1 Å². The summed E-state index contributed by atoms with van der Waals surface area (Å²) in [6.45, 7) is -1.06. The number of alkyl halides is 2. The van der Waals surface area contributed by atoms with Crippen LogP contribution in [0.5, 0.6) is 5.75 Å². The highest BCUT2D eigenvalue weighted by Gasteiger charge is 2.21.